The number of rotatable bonds is 6. The van der Waals surface area contributed by atoms with Gasteiger partial charge in [0.2, 0.25) is 5.91 Å². The van der Waals surface area contributed by atoms with Gasteiger partial charge in [0.1, 0.15) is 5.82 Å². The number of hydrogen-bond acceptors (Lipinski definition) is 2. The van der Waals surface area contributed by atoms with Crippen molar-refractivity contribution in [3.8, 4) is 11.8 Å². The molecule has 2 N–H and O–H groups in total. The van der Waals surface area contributed by atoms with Gasteiger partial charge in [-0.1, -0.05) is 25.7 Å². The molecule has 0 aliphatic rings. The van der Waals surface area contributed by atoms with Crippen molar-refractivity contribution < 1.29 is 14.3 Å². The highest BCUT2D eigenvalue weighted by Crippen LogP contribution is 2.10. The van der Waals surface area contributed by atoms with Gasteiger partial charge in [0.15, 0.2) is 0 Å². The molecule has 0 saturated heterocycles. The molecule has 0 spiro atoms. The van der Waals surface area contributed by atoms with Gasteiger partial charge in [-0.2, -0.15) is 0 Å². The minimum Gasteiger partial charge on any atom is -0.395 e. The number of carbonyl (C=O) groups excluding carboxylic acids is 1. The number of nitrogens with one attached hydrogen (secondary N) is 1. The molecular formula is C17H22FNO2. The van der Waals surface area contributed by atoms with Crippen LogP contribution in [-0.4, -0.2) is 17.6 Å². The summed E-state index contributed by atoms with van der Waals surface area (Å²) < 4.78 is 13.7. The fourth-order valence-corrected chi connectivity index (χ4v) is 1.71. The third kappa shape index (κ3) is 6.92. The third-order valence-corrected chi connectivity index (χ3v) is 2.94. The van der Waals surface area contributed by atoms with Crippen LogP contribution in [0.25, 0.3) is 0 Å². The first-order valence-corrected chi connectivity index (χ1v) is 7.17. The Labute approximate surface area is 125 Å². The van der Waals surface area contributed by atoms with Crippen molar-refractivity contribution in [1.29, 1.82) is 0 Å². The van der Waals surface area contributed by atoms with Gasteiger partial charge >= 0.3 is 0 Å². The molecule has 0 aliphatic carbocycles. The number of halogens is 1. The first kappa shape index (κ1) is 17.2. The summed E-state index contributed by atoms with van der Waals surface area (Å²) in [6, 6.07) is 4.56. The molecule has 4 heteroatoms. The predicted octanol–water partition coefficient (Wildman–Crippen LogP) is 2.61. The molecule has 0 heterocycles. The SMILES string of the molecule is CC(C)CCC(=O)NCc1cc(C#CCCO)ccc1F. The van der Waals surface area contributed by atoms with E-state index in [4.69, 9.17) is 5.11 Å². The first-order valence-electron chi connectivity index (χ1n) is 7.17. The molecule has 1 aromatic carbocycles. The Kier molecular flexibility index (Phi) is 7.49. The minimum atomic E-state index is -0.355. The van der Waals surface area contributed by atoms with Crippen LogP contribution < -0.4 is 5.32 Å². The summed E-state index contributed by atoms with van der Waals surface area (Å²) in [6.07, 6.45) is 1.66. The topological polar surface area (TPSA) is 49.3 Å². The van der Waals surface area contributed by atoms with Gasteiger partial charge in [0.05, 0.1) is 6.61 Å². The van der Waals surface area contributed by atoms with E-state index in [2.05, 4.69) is 31.0 Å². The fourth-order valence-electron chi connectivity index (χ4n) is 1.71. The Balaban J connectivity index is 2.60. The van der Waals surface area contributed by atoms with Crippen molar-refractivity contribution in [3.63, 3.8) is 0 Å². The van der Waals surface area contributed by atoms with E-state index in [-0.39, 0.29) is 24.9 Å². The molecule has 0 bridgehead atoms. The van der Waals surface area contributed by atoms with Gasteiger partial charge in [0, 0.05) is 30.5 Å². The highest BCUT2D eigenvalue weighted by molar-refractivity contribution is 5.75. The third-order valence-electron chi connectivity index (χ3n) is 2.94. The summed E-state index contributed by atoms with van der Waals surface area (Å²) in [5.41, 5.74) is 1.10. The number of aliphatic hydroxyl groups is 1. The van der Waals surface area contributed by atoms with Crippen LogP contribution in [0, 0.1) is 23.6 Å². The smallest absolute Gasteiger partial charge is 0.220 e. The molecule has 1 amide bonds. The molecule has 0 fully saturated rings. The van der Waals surface area contributed by atoms with Crippen LogP contribution in [0.2, 0.25) is 0 Å². The number of hydrogen-bond donors (Lipinski definition) is 2. The van der Waals surface area contributed by atoms with Gasteiger partial charge in [-0.05, 0) is 30.5 Å². The molecule has 114 valence electrons. The van der Waals surface area contributed by atoms with Crippen LogP contribution >= 0.6 is 0 Å². The summed E-state index contributed by atoms with van der Waals surface area (Å²) >= 11 is 0. The average molecular weight is 291 g/mol. The van der Waals surface area contributed by atoms with Crippen molar-refractivity contribution >= 4 is 5.91 Å². The quantitative estimate of drug-likeness (QED) is 0.792. The molecule has 0 radical (unpaired) electrons. The molecule has 0 aromatic heterocycles. The minimum absolute atomic E-state index is 0.00691. The highest BCUT2D eigenvalue weighted by atomic mass is 19.1. The molecule has 3 nitrogen and oxygen atoms in total. The molecular weight excluding hydrogens is 269 g/mol. The zero-order valence-electron chi connectivity index (χ0n) is 12.6. The largest absolute Gasteiger partial charge is 0.395 e. The van der Waals surface area contributed by atoms with Crippen LogP contribution in [0.3, 0.4) is 0 Å². The van der Waals surface area contributed by atoms with E-state index in [9.17, 15) is 9.18 Å². The fraction of sp³-hybridized carbons (Fsp3) is 0.471. The van der Waals surface area contributed by atoms with Crippen molar-refractivity contribution in [1.82, 2.24) is 5.32 Å². The molecule has 1 aromatic rings. The summed E-state index contributed by atoms with van der Waals surface area (Å²) in [6.45, 7) is 4.29. The monoisotopic (exact) mass is 291 g/mol. The maximum atomic E-state index is 13.7. The van der Waals surface area contributed by atoms with Gasteiger partial charge in [-0.3, -0.25) is 4.79 Å². The second kappa shape index (κ2) is 9.15. The lowest BCUT2D eigenvalue weighted by Crippen LogP contribution is -2.23. The number of aliphatic hydroxyl groups excluding tert-OH is 1. The van der Waals surface area contributed by atoms with E-state index in [0.717, 1.165) is 6.42 Å². The van der Waals surface area contributed by atoms with Crippen molar-refractivity contribution in [2.45, 2.75) is 39.7 Å². The van der Waals surface area contributed by atoms with Crippen molar-refractivity contribution in [3.05, 3.63) is 35.1 Å². The molecule has 0 saturated carbocycles. The van der Waals surface area contributed by atoms with Crippen LogP contribution in [0.5, 0.6) is 0 Å². The van der Waals surface area contributed by atoms with E-state index >= 15 is 0 Å². The molecule has 21 heavy (non-hydrogen) atoms. The predicted molar refractivity (Wildman–Crippen MR) is 80.9 cm³/mol. The Morgan fingerprint density at radius 1 is 1.43 bits per heavy atom. The van der Waals surface area contributed by atoms with E-state index in [1.165, 1.54) is 6.07 Å². The van der Waals surface area contributed by atoms with Crippen LogP contribution in [0.4, 0.5) is 4.39 Å². The standard InChI is InChI=1S/C17H22FNO2/c1-13(2)6-9-17(21)19-12-15-11-14(5-3-4-10-20)7-8-16(15)18/h7-8,11,13,20H,4,6,9-10,12H2,1-2H3,(H,19,21). The van der Waals surface area contributed by atoms with Crippen LogP contribution in [0.1, 0.15) is 44.2 Å². The molecule has 0 atom stereocenters. The van der Waals surface area contributed by atoms with Crippen molar-refractivity contribution in [2.24, 2.45) is 5.92 Å². The Hall–Kier alpha value is -1.86. The van der Waals surface area contributed by atoms with Crippen molar-refractivity contribution in [2.75, 3.05) is 6.61 Å². The van der Waals surface area contributed by atoms with E-state index < -0.39 is 0 Å². The average Bonchev–Trinajstić information content (AvgIpc) is 2.45. The zero-order valence-corrected chi connectivity index (χ0v) is 12.6. The van der Waals surface area contributed by atoms with E-state index in [1.54, 1.807) is 12.1 Å². The number of amides is 1. The van der Waals surface area contributed by atoms with Crippen LogP contribution in [0.15, 0.2) is 18.2 Å². The molecule has 0 unspecified atom stereocenters. The normalized spacial score (nSPS) is 10.1. The van der Waals surface area contributed by atoms with Gasteiger partial charge in [-0.15, -0.1) is 0 Å². The summed E-state index contributed by atoms with van der Waals surface area (Å²) in [4.78, 5) is 11.6. The zero-order chi connectivity index (χ0) is 15.7. The molecule has 0 aliphatic heterocycles. The lowest BCUT2D eigenvalue weighted by atomic mass is 10.1. The van der Waals surface area contributed by atoms with Gasteiger partial charge < -0.3 is 10.4 Å². The van der Waals surface area contributed by atoms with Gasteiger partial charge in [0.25, 0.3) is 0 Å². The summed E-state index contributed by atoms with van der Waals surface area (Å²) in [7, 11) is 0. The highest BCUT2D eigenvalue weighted by Gasteiger charge is 2.06. The van der Waals surface area contributed by atoms with E-state index in [1.807, 2.05) is 0 Å². The van der Waals surface area contributed by atoms with E-state index in [0.29, 0.717) is 29.9 Å². The Morgan fingerprint density at radius 2 is 2.19 bits per heavy atom. The number of benzene rings is 1. The van der Waals surface area contributed by atoms with Crippen LogP contribution in [-0.2, 0) is 11.3 Å². The summed E-state index contributed by atoms with van der Waals surface area (Å²) in [5.74, 6) is 5.68. The number of carbonyl (C=O) groups is 1. The second-order valence-electron chi connectivity index (χ2n) is 5.29. The Bertz CT molecular complexity index is 529. The lowest BCUT2D eigenvalue weighted by molar-refractivity contribution is -0.121. The molecule has 1 rings (SSSR count). The maximum Gasteiger partial charge on any atom is 0.220 e. The first-order chi connectivity index (χ1) is 10.0. The second-order valence-corrected chi connectivity index (χ2v) is 5.29. The van der Waals surface area contributed by atoms with Gasteiger partial charge in [-0.25, -0.2) is 4.39 Å². The lowest BCUT2D eigenvalue weighted by Gasteiger charge is -2.08. The maximum absolute atomic E-state index is 13.7. The summed E-state index contributed by atoms with van der Waals surface area (Å²) in [5, 5.41) is 11.4. The Morgan fingerprint density at radius 3 is 2.86 bits per heavy atom.